The molecule has 32 heavy (non-hydrogen) atoms. The van der Waals surface area contributed by atoms with Gasteiger partial charge in [0, 0.05) is 30.8 Å². The molecule has 5 rings (SSSR count). The minimum atomic E-state index is -3.76. The van der Waals surface area contributed by atoms with Crippen LogP contribution in [0, 0.1) is 12.8 Å². The first-order valence-electron chi connectivity index (χ1n) is 10.6. The average Bonchev–Trinajstić information content (AvgIpc) is 3.39. The summed E-state index contributed by atoms with van der Waals surface area (Å²) in [5.41, 5.74) is 3.63. The largest absolute Gasteiger partial charge is 0.338 e. The van der Waals surface area contributed by atoms with Crippen molar-refractivity contribution in [1.29, 1.82) is 0 Å². The van der Waals surface area contributed by atoms with Gasteiger partial charge in [0.1, 0.15) is 0 Å². The molecule has 2 heterocycles. The lowest BCUT2D eigenvalue weighted by molar-refractivity contribution is -0.119. The van der Waals surface area contributed by atoms with E-state index in [-0.39, 0.29) is 29.2 Å². The Hall–Kier alpha value is -3.04. The topological polar surface area (TPSA) is 96.6 Å². The number of carbonyl (C=O) groups excluding carboxylic acids is 1. The number of hydrogen-bond donors (Lipinski definition) is 0. The van der Waals surface area contributed by atoms with Gasteiger partial charge in [0.05, 0.1) is 11.4 Å². The highest BCUT2D eigenvalue weighted by atomic mass is 32.2. The molecule has 1 fully saturated rings. The molecule has 0 spiro atoms. The van der Waals surface area contributed by atoms with Gasteiger partial charge in [-0.1, -0.05) is 35.0 Å². The van der Waals surface area contributed by atoms with E-state index in [1.54, 1.807) is 23.1 Å². The van der Waals surface area contributed by atoms with Crippen molar-refractivity contribution in [2.24, 2.45) is 5.92 Å². The van der Waals surface area contributed by atoms with Gasteiger partial charge >= 0.3 is 0 Å². The third-order valence-corrected chi connectivity index (χ3v) is 7.78. The van der Waals surface area contributed by atoms with E-state index >= 15 is 0 Å². The monoisotopic (exact) mass is 452 g/mol. The van der Waals surface area contributed by atoms with E-state index in [4.69, 9.17) is 4.52 Å². The molecule has 1 saturated carbocycles. The number of amides is 1. The van der Waals surface area contributed by atoms with Crippen LogP contribution in [-0.4, -0.2) is 42.4 Å². The lowest BCUT2D eigenvalue weighted by atomic mass is 10.1. The summed E-state index contributed by atoms with van der Waals surface area (Å²) in [6.45, 7) is 2.56. The van der Waals surface area contributed by atoms with Crippen LogP contribution in [0.15, 0.2) is 51.9 Å². The first-order valence-corrected chi connectivity index (χ1v) is 12.1. The maximum absolute atomic E-state index is 13.1. The molecule has 0 radical (unpaired) electrons. The van der Waals surface area contributed by atoms with Gasteiger partial charge < -0.3 is 9.42 Å². The second kappa shape index (κ2) is 7.83. The smallest absolute Gasteiger partial charge is 0.243 e. The summed E-state index contributed by atoms with van der Waals surface area (Å²) in [5.74, 6) is 0.921. The number of hydrogen-bond acceptors (Lipinski definition) is 6. The Kier molecular flexibility index (Phi) is 5.10. The van der Waals surface area contributed by atoms with Gasteiger partial charge in [-0.2, -0.15) is 9.29 Å². The number of aryl methyl sites for hydroxylation is 1. The Balaban J connectivity index is 1.32. The van der Waals surface area contributed by atoms with E-state index in [1.807, 2.05) is 31.2 Å². The molecule has 166 valence electrons. The third-order valence-electron chi connectivity index (χ3n) is 5.98. The Labute approximate surface area is 186 Å². The van der Waals surface area contributed by atoms with E-state index in [0.717, 1.165) is 35.2 Å². The van der Waals surface area contributed by atoms with E-state index in [0.29, 0.717) is 18.8 Å². The average molecular weight is 453 g/mol. The van der Waals surface area contributed by atoms with Crippen LogP contribution >= 0.6 is 0 Å². The second-order valence-corrected chi connectivity index (χ2v) is 10.5. The first-order chi connectivity index (χ1) is 15.3. The Morgan fingerprint density at radius 3 is 2.66 bits per heavy atom. The van der Waals surface area contributed by atoms with E-state index < -0.39 is 10.0 Å². The number of rotatable bonds is 6. The van der Waals surface area contributed by atoms with Crippen molar-refractivity contribution >= 4 is 21.6 Å². The van der Waals surface area contributed by atoms with Crippen molar-refractivity contribution in [3.8, 4) is 11.4 Å². The minimum absolute atomic E-state index is 0.0371. The molecule has 2 aliphatic rings. The molecule has 0 atom stereocenters. The Morgan fingerprint density at radius 2 is 1.94 bits per heavy atom. The maximum Gasteiger partial charge on any atom is 0.243 e. The number of anilines is 1. The van der Waals surface area contributed by atoms with Gasteiger partial charge in [-0.05, 0) is 49.9 Å². The van der Waals surface area contributed by atoms with Crippen molar-refractivity contribution in [3.63, 3.8) is 0 Å². The molecule has 0 bridgehead atoms. The van der Waals surface area contributed by atoms with Crippen LogP contribution in [0.25, 0.3) is 11.4 Å². The number of carbonyl (C=O) groups is 1. The van der Waals surface area contributed by atoms with Crippen molar-refractivity contribution in [1.82, 2.24) is 14.4 Å². The normalized spacial score (nSPS) is 15.9. The molecule has 1 aliphatic heterocycles. The lowest BCUT2D eigenvalue weighted by Crippen LogP contribution is -2.30. The zero-order valence-corrected chi connectivity index (χ0v) is 18.8. The van der Waals surface area contributed by atoms with Gasteiger partial charge in [0.2, 0.25) is 27.6 Å². The molecule has 1 aliphatic carbocycles. The molecule has 0 saturated heterocycles. The van der Waals surface area contributed by atoms with Crippen LogP contribution in [0.5, 0.6) is 0 Å². The fourth-order valence-electron chi connectivity index (χ4n) is 3.91. The number of sulfonamides is 1. The Morgan fingerprint density at radius 1 is 1.19 bits per heavy atom. The number of nitrogens with zero attached hydrogens (tertiary/aromatic N) is 4. The summed E-state index contributed by atoms with van der Waals surface area (Å²) in [5, 5.41) is 3.97. The predicted molar refractivity (Wildman–Crippen MR) is 118 cm³/mol. The summed E-state index contributed by atoms with van der Waals surface area (Å²) >= 11 is 0. The zero-order valence-electron chi connectivity index (χ0n) is 18.0. The summed E-state index contributed by atoms with van der Waals surface area (Å²) in [6, 6.07) is 12.7. The summed E-state index contributed by atoms with van der Waals surface area (Å²) in [6.07, 6.45) is 2.55. The van der Waals surface area contributed by atoms with Crippen molar-refractivity contribution in [2.75, 3.05) is 18.5 Å². The van der Waals surface area contributed by atoms with Gasteiger partial charge in [-0.3, -0.25) is 4.79 Å². The van der Waals surface area contributed by atoms with Gasteiger partial charge in [-0.25, -0.2) is 8.42 Å². The summed E-state index contributed by atoms with van der Waals surface area (Å²) in [4.78, 5) is 18.8. The van der Waals surface area contributed by atoms with Crippen molar-refractivity contribution in [3.05, 3.63) is 59.5 Å². The van der Waals surface area contributed by atoms with Crippen molar-refractivity contribution in [2.45, 2.75) is 37.6 Å². The van der Waals surface area contributed by atoms with Gasteiger partial charge in [0.25, 0.3) is 0 Å². The first kappa shape index (κ1) is 20.8. The van der Waals surface area contributed by atoms with E-state index in [9.17, 15) is 13.2 Å². The van der Waals surface area contributed by atoms with Crippen LogP contribution in [-0.2, 0) is 27.8 Å². The molecule has 9 heteroatoms. The van der Waals surface area contributed by atoms with Crippen LogP contribution in [0.4, 0.5) is 5.69 Å². The van der Waals surface area contributed by atoms with Gasteiger partial charge in [-0.15, -0.1) is 0 Å². The highest BCUT2D eigenvalue weighted by Gasteiger charge is 2.37. The zero-order chi connectivity index (χ0) is 22.5. The molecule has 3 aromatic rings. The number of aromatic nitrogens is 2. The molecule has 8 nitrogen and oxygen atoms in total. The fraction of sp³-hybridized carbons (Fsp3) is 0.348. The molecule has 2 aromatic carbocycles. The molecule has 1 amide bonds. The maximum atomic E-state index is 13.1. The molecule has 0 N–H and O–H groups in total. The molecule has 0 unspecified atom stereocenters. The fourth-order valence-corrected chi connectivity index (χ4v) is 5.08. The third kappa shape index (κ3) is 3.82. The lowest BCUT2D eigenvalue weighted by Gasteiger charge is -2.18. The number of fused-ring (bicyclic) bond motifs is 1. The van der Waals surface area contributed by atoms with E-state index in [2.05, 4.69) is 10.1 Å². The Bertz CT molecular complexity index is 1280. The van der Waals surface area contributed by atoms with Crippen LogP contribution in [0.3, 0.4) is 0 Å². The SMILES string of the molecule is Cc1ccc(-c2noc(CN(C)S(=O)(=O)c3ccc4c(c3)CCN4C(=O)C3CC3)n2)cc1. The van der Waals surface area contributed by atoms with E-state index in [1.165, 1.54) is 11.4 Å². The minimum Gasteiger partial charge on any atom is -0.338 e. The van der Waals surface area contributed by atoms with Gasteiger partial charge in [0.15, 0.2) is 0 Å². The molecular formula is C23H24N4O4S. The summed E-state index contributed by atoms with van der Waals surface area (Å²) in [7, 11) is -2.27. The standard InChI is InChI=1S/C23H24N4O4S/c1-15-3-5-16(6-4-15)22-24-21(31-25-22)14-26(2)32(29,30)19-9-10-20-18(13-19)11-12-27(20)23(28)17-7-8-17/h3-6,9-10,13,17H,7-8,11-12,14H2,1-2H3. The van der Waals surface area contributed by atoms with Crippen molar-refractivity contribution < 1.29 is 17.7 Å². The second-order valence-electron chi connectivity index (χ2n) is 8.44. The van der Waals surface area contributed by atoms with Crippen LogP contribution in [0.2, 0.25) is 0 Å². The highest BCUT2D eigenvalue weighted by molar-refractivity contribution is 7.89. The number of benzene rings is 2. The summed E-state index contributed by atoms with van der Waals surface area (Å²) < 4.78 is 32.8. The molecular weight excluding hydrogens is 428 g/mol. The van der Waals surface area contributed by atoms with Crippen LogP contribution < -0.4 is 4.90 Å². The molecule has 1 aromatic heterocycles. The van der Waals surface area contributed by atoms with Crippen LogP contribution in [0.1, 0.15) is 29.9 Å². The predicted octanol–water partition coefficient (Wildman–Crippen LogP) is 3.16. The quantitative estimate of drug-likeness (QED) is 0.570. The highest BCUT2D eigenvalue weighted by Crippen LogP contribution is 2.37.